The maximum atomic E-state index is 5.85. The van der Waals surface area contributed by atoms with Crippen molar-refractivity contribution in [2.45, 2.75) is 59.4 Å². The predicted molar refractivity (Wildman–Crippen MR) is 86.7 cm³/mol. The summed E-state index contributed by atoms with van der Waals surface area (Å²) in [5, 5.41) is 3.74. The van der Waals surface area contributed by atoms with Gasteiger partial charge >= 0.3 is 0 Å². The van der Waals surface area contributed by atoms with E-state index in [0.717, 1.165) is 30.5 Å². The van der Waals surface area contributed by atoms with E-state index in [-0.39, 0.29) is 0 Å². The minimum atomic E-state index is 0.326. The van der Waals surface area contributed by atoms with Crippen molar-refractivity contribution in [3.8, 4) is 5.75 Å². The first kappa shape index (κ1) is 14.7. The van der Waals surface area contributed by atoms with Gasteiger partial charge in [0.15, 0.2) is 11.6 Å². The molecule has 0 radical (unpaired) electrons. The zero-order valence-corrected chi connectivity index (χ0v) is 13.8. The largest absolute Gasteiger partial charge is 0.490 e. The fourth-order valence-corrected chi connectivity index (χ4v) is 4.63. The predicted octanol–water partition coefficient (Wildman–Crippen LogP) is 4.50. The van der Waals surface area contributed by atoms with E-state index in [9.17, 15) is 0 Å². The SMILES string of the molecule is CCCOc1cccnc1NC1C2(C)CCC(C2)C1(C)C. The van der Waals surface area contributed by atoms with E-state index in [1.165, 1.54) is 19.3 Å². The molecule has 0 saturated heterocycles. The molecule has 0 aliphatic heterocycles. The third-order valence-corrected chi connectivity index (χ3v) is 5.78. The highest BCUT2D eigenvalue weighted by molar-refractivity contribution is 5.51. The minimum Gasteiger partial charge on any atom is -0.490 e. The maximum absolute atomic E-state index is 5.85. The van der Waals surface area contributed by atoms with Crippen LogP contribution in [-0.2, 0) is 0 Å². The Balaban J connectivity index is 1.83. The standard InChI is InChI=1S/C18H28N2O/c1-5-11-21-14-7-6-10-19-15(14)20-16-17(2,3)13-8-9-18(16,4)12-13/h6-7,10,13,16H,5,8-9,11-12H2,1-4H3,(H,19,20). The number of hydrogen-bond acceptors (Lipinski definition) is 3. The molecule has 3 heteroatoms. The van der Waals surface area contributed by atoms with Crippen molar-refractivity contribution in [2.75, 3.05) is 11.9 Å². The van der Waals surface area contributed by atoms with Crippen LogP contribution in [0.2, 0.25) is 0 Å². The lowest BCUT2D eigenvalue weighted by molar-refractivity contribution is 0.154. The van der Waals surface area contributed by atoms with Crippen molar-refractivity contribution < 1.29 is 4.74 Å². The summed E-state index contributed by atoms with van der Waals surface area (Å²) in [7, 11) is 0. The number of fused-ring (bicyclic) bond motifs is 2. The number of nitrogens with zero attached hydrogens (tertiary/aromatic N) is 1. The second kappa shape index (κ2) is 5.19. The highest BCUT2D eigenvalue weighted by Crippen LogP contribution is 2.63. The zero-order valence-electron chi connectivity index (χ0n) is 13.8. The van der Waals surface area contributed by atoms with Gasteiger partial charge < -0.3 is 10.1 Å². The Morgan fingerprint density at radius 2 is 2.19 bits per heavy atom. The van der Waals surface area contributed by atoms with Crippen LogP contribution in [0.25, 0.3) is 0 Å². The first-order chi connectivity index (χ1) is 9.97. The van der Waals surface area contributed by atoms with Crippen LogP contribution in [0.4, 0.5) is 5.82 Å². The van der Waals surface area contributed by atoms with Gasteiger partial charge in [0, 0.05) is 12.2 Å². The van der Waals surface area contributed by atoms with Crippen LogP contribution in [0.15, 0.2) is 18.3 Å². The molecule has 2 bridgehead atoms. The average Bonchev–Trinajstić information content (AvgIpc) is 2.93. The fourth-order valence-electron chi connectivity index (χ4n) is 4.63. The summed E-state index contributed by atoms with van der Waals surface area (Å²) in [5.74, 6) is 2.64. The molecular formula is C18H28N2O. The molecule has 116 valence electrons. The molecule has 21 heavy (non-hydrogen) atoms. The van der Waals surface area contributed by atoms with Crippen molar-refractivity contribution in [1.82, 2.24) is 4.98 Å². The Bertz CT molecular complexity index is 509. The van der Waals surface area contributed by atoms with E-state index in [0.29, 0.717) is 16.9 Å². The van der Waals surface area contributed by atoms with Crippen LogP contribution in [-0.4, -0.2) is 17.6 Å². The van der Waals surface area contributed by atoms with Crippen LogP contribution in [0.3, 0.4) is 0 Å². The molecule has 0 amide bonds. The molecule has 1 N–H and O–H groups in total. The lowest BCUT2D eigenvalue weighted by Gasteiger charge is -2.43. The molecule has 2 aliphatic carbocycles. The molecule has 3 nitrogen and oxygen atoms in total. The summed E-state index contributed by atoms with van der Waals surface area (Å²) in [6.07, 6.45) is 6.92. The number of ether oxygens (including phenoxy) is 1. The van der Waals surface area contributed by atoms with Gasteiger partial charge in [0.05, 0.1) is 6.61 Å². The number of rotatable bonds is 5. The van der Waals surface area contributed by atoms with E-state index in [1.54, 1.807) is 0 Å². The normalized spacial score (nSPS) is 33.1. The molecule has 0 aromatic carbocycles. The van der Waals surface area contributed by atoms with Gasteiger partial charge in [0.1, 0.15) is 0 Å². The summed E-state index contributed by atoms with van der Waals surface area (Å²) in [6, 6.07) is 4.44. The second-order valence-corrected chi connectivity index (χ2v) is 7.69. The number of hydrogen-bond donors (Lipinski definition) is 1. The van der Waals surface area contributed by atoms with Crippen LogP contribution in [0, 0.1) is 16.7 Å². The molecule has 1 aromatic heterocycles. The van der Waals surface area contributed by atoms with Crippen LogP contribution >= 0.6 is 0 Å². The van der Waals surface area contributed by atoms with Gasteiger partial charge in [0.25, 0.3) is 0 Å². The molecule has 2 saturated carbocycles. The van der Waals surface area contributed by atoms with E-state index in [2.05, 4.69) is 38.0 Å². The summed E-state index contributed by atoms with van der Waals surface area (Å²) in [5.41, 5.74) is 0.722. The monoisotopic (exact) mass is 288 g/mol. The lowest BCUT2D eigenvalue weighted by Crippen LogP contribution is -2.46. The number of anilines is 1. The molecule has 1 aromatic rings. The van der Waals surface area contributed by atoms with Crippen molar-refractivity contribution in [2.24, 2.45) is 16.7 Å². The van der Waals surface area contributed by atoms with Crippen molar-refractivity contribution in [3.05, 3.63) is 18.3 Å². The first-order valence-electron chi connectivity index (χ1n) is 8.32. The topological polar surface area (TPSA) is 34.1 Å². The van der Waals surface area contributed by atoms with Gasteiger partial charge in [-0.25, -0.2) is 4.98 Å². The third kappa shape index (κ3) is 2.41. The quantitative estimate of drug-likeness (QED) is 0.866. The van der Waals surface area contributed by atoms with Crippen LogP contribution < -0.4 is 10.1 Å². The van der Waals surface area contributed by atoms with E-state index in [1.807, 2.05) is 18.3 Å². The van der Waals surface area contributed by atoms with Crippen molar-refractivity contribution in [3.63, 3.8) is 0 Å². The van der Waals surface area contributed by atoms with Gasteiger partial charge in [-0.15, -0.1) is 0 Å². The first-order valence-corrected chi connectivity index (χ1v) is 8.32. The summed E-state index contributed by atoms with van der Waals surface area (Å²) < 4.78 is 5.85. The zero-order chi connectivity index (χ0) is 15.1. The number of nitrogens with one attached hydrogen (secondary N) is 1. The van der Waals surface area contributed by atoms with Gasteiger partial charge in [-0.05, 0) is 54.6 Å². The Labute approximate surface area is 128 Å². The Morgan fingerprint density at radius 3 is 2.86 bits per heavy atom. The fraction of sp³-hybridized carbons (Fsp3) is 0.722. The lowest BCUT2D eigenvalue weighted by atomic mass is 9.68. The third-order valence-electron chi connectivity index (χ3n) is 5.78. The summed E-state index contributed by atoms with van der Waals surface area (Å²) >= 11 is 0. The van der Waals surface area contributed by atoms with Crippen LogP contribution in [0.5, 0.6) is 5.75 Å². The molecular weight excluding hydrogens is 260 g/mol. The van der Waals surface area contributed by atoms with Gasteiger partial charge in [0.2, 0.25) is 0 Å². The minimum absolute atomic E-state index is 0.326. The van der Waals surface area contributed by atoms with Crippen molar-refractivity contribution >= 4 is 5.82 Å². The molecule has 3 rings (SSSR count). The Kier molecular flexibility index (Phi) is 3.62. The molecule has 3 atom stereocenters. The Hall–Kier alpha value is -1.25. The van der Waals surface area contributed by atoms with E-state index < -0.39 is 0 Å². The number of aromatic nitrogens is 1. The van der Waals surface area contributed by atoms with Gasteiger partial charge in [-0.2, -0.15) is 0 Å². The molecule has 3 unspecified atom stereocenters. The number of pyridine rings is 1. The highest BCUT2D eigenvalue weighted by atomic mass is 16.5. The van der Waals surface area contributed by atoms with E-state index >= 15 is 0 Å². The molecule has 0 spiro atoms. The Morgan fingerprint density at radius 1 is 1.38 bits per heavy atom. The maximum Gasteiger partial charge on any atom is 0.169 e. The second-order valence-electron chi connectivity index (χ2n) is 7.69. The highest BCUT2D eigenvalue weighted by Gasteiger charge is 2.59. The van der Waals surface area contributed by atoms with E-state index in [4.69, 9.17) is 4.74 Å². The summed E-state index contributed by atoms with van der Waals surface area (Å²) in [4.78, 5) is 4.54. The van der Waals surface area contributed by atoms with Gasteiger partial charge in [-0.1, -0.05) is 27.7 Å². The van der Waals surface area contributed by atoms with Gasteiger partial charge in [-0.3, -0.25) is 0 Å². The summed E-state index contributed by atoms with van der Waals surface area (Å²) in [6.45, 7) is 10.1. The average molecular weight is 288 g/mol. The molecule has 2 fully saturated rings. The van der Waals surface area contributed by atoms with Crippen molar-refractivity contribution in [1.29, 1.82) is 0 Å². The molecule has 2 aliphatic rings. The molecule has 1 heterocycles. The van der Waals surface area contributed by atoms with Crippen LogP contribution in [0.1, 0.15) is 53.4 Å². The smallest absolute Gasteiger partial charge is 0.169 e.